The van der Waals surface area contributed by atoms with Crippen LogP contribution < -0.4 is 10.1 Å². The Kier molecular flexibility index (Phi) is 5.03. The predicted molar refractivity (Wildman–Crippen MR) is 83.7 cm³/mol. The number of hydrogen-bond donors (Lipinski definition) is 1. The van der Waals surface area contributed by atoms with Crippen LogP contribution in [-0.2, 0) is 4.79 Å². The highest BCUT2D eigenvalue weighted by molar-refractivity contribution is 6.02. The molecule has 0 aromatic heterocycles. The maximum atomic E-state index is 13.0. The van der Waals surface area contributed by atoms with Crippen molar-refractivity contribution in [1.29, 1.82) is 0 Å². The summed E-state index contributed by atoms with van der Waals surface area (Å²) in [5.74, 6) is -0.697. The van der Waals surface area contributed by atoms with Gasteiger partial charge in [0.15, 0.2) is 0 Å². The van der Waals surface area contributed by atoms with Crippen molar-refractivity contribution < 1.29 is 18.8 Å². The highest BCUT2D eigenvalue weighted by Crippen LogP contribution is 2.28. The summed E-state index contributed by atoms with van der Waals surface area (Å²) in [5.41, 5.74) is 0.693. The molecule has 0 saturated heterocycles. The number of non-ortho nitro benzene ring substituents is 1. The van der Waals surface area contributed by atoms with Crippen LogP contribution in [0.3, 0.4) is 0 Å². The molecule has 0 spiro atoms. The van der Waals surface area contributed by atoms with Crippen LogP contribution in [0.4, 0.5) is 15.8 Å². The van der Waals surface area contributed by atoms with E-state index in [4.69, 9.17) is 4.74 Å². The molecule has 0 aliphatic rings. The third kappa shape index (κ3) is 4.37. The first-order valence-electron chi connectivity index (χ1n) is 6.56. The van der Waals surface area contributed by atoms with Crippen LogP contribution in [0, 0.1) is 15.9 Å². The van der Waals surface area contributed by atoms with Gasteiger partial charge in [0.1, 0.15) is 11.6 Å². The zero-order valence-corrected chi connectivity index (χ0v) is 12.2. The van der Waals surface area contributed by atoms with E-state index >= 15 is 0 Å². The predicted octanol–water partition coefficient (Wildman–Crippen LogP) is 3.39. The van der Waals surface area contributed by atoms with E-state index in [1.807, 2.05) is 0 Å². The fraction of sp³-hybridized carbons (Fsp3) is 0.0625. The fourth-order valence-corrected chi connectivity index (χ4v) is 1.85. The van der Waals surface area contributed by atoms with Crippen molar-refractivity contribution in [2.45, 2.75) is 0 Å². The van der Waals surface area contributed by atoms with E-state index in [1.165, 1.54) is 55.7 Å². The molecular formula is C16H13FN2O4. The maximum absolute atomic E-state index is 13.0. The number of nitro benzene ring substituents is 1. The SMILES string of the molecule is COc1cc([N+](=O)[O-])ccc1NC(=O)/C=C/c1cccc(F)c1. The number of rotatable bonds is 5. The van der Waals surface area contributed by atoms with Gasteiger partial charge in [0, 0.05) is 12.1 Å². The normalized spacial score (nSPS) is 10.5. The van der Waals surface area contributed by atoms with Crippen LogP contribution in [0.25, 0.3) is 6.08 Å². The molecule has 7 heteroatoms. The van der Waals surface area contributed by atoms with Crippen LogP contribution in [0.15, 0.2) is 48.5 Å². The number of carbonyl (C=O) groups excluding carboxylic acids is 1. The van der Waals surface area contributed by atoms with Gasteiger partial charge < -0.3 is 10.1 Å². The minimum Gasteiger partial charge on any atom is -0.494 e. The zero-order chi connectivity index (χ0) is 16.8. The van der Waals surface area contributed by atoms with E-state index < -0.39 is 16.6 Å². The van der Waals surface area contributed by atoms with Crippen LogP contribution in [0.2, 0.25) is 0 Å². The maximum Gasteiger partial charge on any atom is 0.273 e. The molecule has 0 aliphatic carbocycles. The highest BCUT2D eigenvalue weighted by Gasteiger charge is 2.12. The average Bonchev–Trinajstić information content (AvgIpc) is 2.53. The number of nitro groups is 1. The topological polar surface area (TPSA) is 81.5 Å². The molecule has 0 heterocycles. The monoisotopic (exact) mass is 316 g/mol. The number of carbonyl (C=O) groups is 1. The summed E-state index contributed by atoms with van der Waals surface area (Å²) in [7, 11) is 1.34. The van der Waals surface area contributed by atoms with Crippen molar-refractivity contribution in [3.05, 3.63) is 70.0 Å². The lowest BCUT2D eigenvalue weighted by Crippen LogP contribution is -2.09. The molecule has 2 rings (SSSR count). The third-order valence-electron chi connectivity index (χ3n) is 2.93. The molecule has 0 atom stereocenters. The number of halogens is 1. The van der Waals surface area contributed by atoms with E-state index in [9.17, 15) is 19.3 Å². The van der Waals surface area contributed by atoms with Gasteiger partial charge in [-0.25, -0.2) is 4.39 Å². The van der Waals surface area contributed by atoms with Gasteiger partial charge in [-0.15, -0.1) is 0 Å². The van der Waals surface area contributed by atoms with Crippen LogP contribution in [0.1, 0.15) is 5.56 Å². The number of anilines is 1. The van der Waals surface area contributed by atoms with Gasteiger partial charge >= 0.3 is 0 Å². The van der Waals surface area contributed by atoms with Gasteiger partial charge in [0.2, 0.25) is 5.91 Å². The summed E-state index contributed by atoms with van der Waals surface area (Å²) in [6, 6.07) is 9.63. The minimum atomic E-state index is -0.558. The molecule has 1 amide bonds. The third-order valence-corrected chi connectivity index (χ3v) is 2.93. The van der Waals surface area contributed by atoms with E-state index in [1.54, 1.807) is 6.07 Å². The van der Waals surface area contributed by atoms with Gasteiger partial charge in [0.05, 0.1) is 23.8 Å². The Labute approximate surface area is 131 Å². The lowest BCUT2D eigenvalue weighted by atomic mass is 10.2. The number of hydrogen-bond acceptors (Lipinski definition) is 4. The standard InChI is InChI=1S/C16H13FN2O4/c1-23-15-10-13(19(21)22)6-7-14(15)18-16(20)8-5-11-3-2-4-12(17)9-11/h2-10H,1H3,(H,18,20)/b8-5+. The molecule has 0 bridgehead atoms. The zero-order valence-electron chi connectivity index (χ0n) is 12.2. The van der Waals surface area contributed by atoms with E-state index in [0.29, 0.717) is 11.3 Å². The van der Waals surface area contributed by atoms with Gasteiger partial charge in [-0.05, 0) is 29.8 Å². The number of amides is 1. The van der Waals surface area contributed by atoms with Gasteiger partial charge in [0.25, 0.3) is 5.69 Å². The molecule has 0 radical (unpaired) electrons. The first-order valence-corrected chi connectivity index (χ1v) is 6.56. The summed E-state index contributed by atoms with van der Waals surface area (Å²) in [6.45, 7) is 0. The van der Waals surface area contributed by atoms with Crippen molar-refractivity contribution in [2.24, 2.45) is 0 Å². The van der Waals surface area contributed by atoms with Crippen molar-refractivity contribution in [2.75, 3.05) is 12.4 Å². The molecule has 2 aromatic rings. The van der Waals surface area contributed by atoms with Crippen molar-refractivity contribution in [3.8, 4) is 5.75 Å². The Balaban J connectivity index is 2.12. The molecule has 0 unspecified atom stereocenters. The molecular weight excluding hydrogens is 303 g/mol. The van der Waals surface area contributed by atoms with Crippen LogP contribution >= 0.6 is 0 Å². The summed E-state index contributed by atoms with van der Waals surface area (Å²) in [4.78, 5) is 22.0. The smallest absolute Gasteiger partial charge is 0.273 e. The van der Waals surface area contributed by atoms with E-state index in [-0.39, 0.29) is 11.4 Å². The number of ether oxygens (including phenoxy) is 1. The second-order valence-corrected chi connectivity index (χ2v) is 4.52. The first kappa shape index (κ1) is 16.2. The number of benzene rings is 2. The van der Waals surface area contributed by atoms with E-state index in [0.717, 1.165) is 0 Å². The van der Waals surface area contributed by atoms with Crippen molar-refractivity contribution >= 4 is 23.4 Å². The Bertz CT molecular complexity index is 774. The van der Waals surface area contributed by atoms with E-state index in [2.05, 4.69) is 5.32 Å². The van der Waals surface area contributed by atoms with Gasteiger partial charge in [-0.2, -0.15) is 0 Å². The molecule has 6 nitrogen and oxygen atoms in total. The molecule has 0 fully saturated rings. The summed E-state index contributed by atoms with van der Waals surface area (Å²) in [6.07, 6.45) is 2.69. The Morgan fingerprint density at radius 1 is 1.30 bits per heavy atom. The summed E-state index contributed by atoms with van der Waals surface area (Å²) in [5, 5.41) is 13.3. The molecule has 2 aromatic carbocycles. The summed E-state index contributed by atoms with van der Waals surface area (Å²) >= 11 is 0. The molecule has 1 N–H and O–H groups in total. The fourth-order valence-electron chi connectivity index (χ4n) is 1.85. The first-order chi connectivity index (χ1) is 11.0. The highest BCUT2D eigenvalue weighted by atomic mass is 19.1. The number of nitrogens with zero attached hydrogens (tertiary/aromatic N) is 1. The van der Waals surface area contributed by atoms with Gasteiger partial charge in [-0.3, -0.25) is 14.9 Å². The average molecular weight is 316 g/mol. The largest absolute Gasteiger partial charge is 0.494 e. The Morgan fingerprint density at radius 3 is 2.74 bits per heavy atom. The Hall–Kier alpha value is -3.22. The number of methoxy groups -OCH3 is 1. The number of nitrogens with one attached hydrogen (secondary N) is 1. The lowest BCUT2D eigenvalue weighted by Gasteiger charge is -2.08. The lowest BCUT2D eigenvalue weighted by molar-refractivity contribution is -0.384. The quantitative estimate of drug-likeness (QED) is 0.521. The summed E-state index contributed by atoms with van der Waals surface area (Å²) < 4.78 is 18.1. The molecule has 0 aliphatic heterocycles. The Morgan fingerprint density at radius 2 is 2.09 bits per heavy atom. The second-order valence-electron chi connectivity index (χ2n) is 4.52. The van der Waals surface area contributed by atoms with Crippen LogP contribution in [0.5, 0.6) is 5.75 Å². The van der Waals surface area contributed by atoms with Crippen LogP contribution in [-0.4, -0.2) is 17.9 Å². The molecule has 0 saturated carbocycles. The minimum absolute atomic E-state index is 0.143. The van der Waals surface area contributed by atoms with Crippen molar-refractivity contribution in [1.82, 2.24) is 0 Å². The van der Waals surface area contributed by atoms with Crippen molar-refractivity contribution in [3.63, 3.8) is 0 Å². The van der Waals surface area contributed by atoms with Gasteiger partial charge in [-0.1, -0.05) is 12.1 Å². The molecule has 23 heavy (non-hydrogen) atoms. The molecule has 118 valence electrons. The second kappa shape index (κ2) is 7.17.